The monoisotopic (exact) mass is 328 g/mol. The molecule has 1 heterocycles. The second kappa shape index (κ2) is 6.25. The van der Waals surface area contributed by atoms with Crippen molar-refractivity contribution in [1.82, 2.24) is 14.9 Å². The van der Waals surface area contributed by atoms with E-state index in [1.807, 2.05) is 0 Å². The molecule has 1 aromatic carbocycles. The molecule has 0 aliphatic carbocycles. The van der Waals surface area contributed by atoms with Gasteiger partial charge < -0.3 is 5.32 Å². The molecule has 21 heavy (non-hydrogen) atoms. The maximum Gasteiger partial charge on any atom is 0.285 e. The van der Waals surface area contributed by atoms with Gasteiger partial charge in [-0.25, -0.2) is 18.2 Å². The molecule has 9 heteroatoms. The van der Waals surface area contributed by atoms with E-state index in [1.54, 1.807) is 12.1 Å². The minimum absolute atomic E-state index is 0.00370. The van der Waals surface area contributed by atoms with Crippen molar-refractivity contribution in [2.24, 2.45) is 0 Å². The summed E-state index contributed by atoms with van der Waals surface area (Å²) >= 11 is 5.83. The first-order chi connectivity index (χ1) is 9.94. The van der Waals surface area contributed by atoms with E-state index in [-0.39, 0.29) is 9.92 Å². The lowest BCUT2D eigenvalue weighted by atomic mass is 10.2. The van der Waals surface area contributed by atoms with Gasteiger partial charge in [0, 0.05) is 6.54 Å². The van der Waals surface area contributed by atoms with Crippen LogP contribution in [0.15, 0.2) is 40.2 Å². The van der Waals surface area contributed by atoms with Crippen molar-refractivity contribution in [2.45, 2.75) is 11.4 Å². The molecule has 2 rings (SSSR count). The van der Waals surface area contributed by atoms with E-state index in [1.165, 1.54) is 25.4 Å². The molecule has 0 bridgehead atoms. The third-order valence-corrected chi connectivity index (χ3v) is 4.54. The molecule has 0 saturated heterocycles. The number of nitrogens with zero attached hydrogens (tertiary/aromatic N) is 1. The van der Waals surface area contributed by atoms with Gasteiger partial charge in [-0.3, -0.25) is 4.79 Å². The number of aromatic nitrogens is 2. The number of nitrogens with one attached hydrogen (secondary N) is 3. The molecule has 0 amide bonds. The van der Waals surface area contributed by atoms with Gasteiger partial charge in [0.05, 0.1) is 16.8 Å². The molecular weight excluding hydrogens is 316 g/mol. The largest absolute Gasteiger partial charge is 0.378 e. The molecule has 0 radical (unpaired) electrons. The topological polar surface area (TPSA) is 104 Å². The highest BCUT2D eigenvalue weighted by Gasteiger charge is 2.11. The Labute approximate surface area is 126 Å². The van der Waals surface area contributed by atoms with Crippen LogP contribution in [0.1, 0.15) is 5.56 Å². The van der Waals surface area contributed by atoms with Crippen molar-refractivity contribution in [3.05, 3.63) is 51.4 Å². The van der Waals surface area contributed by atoms with Crippen LogP contribution in [-0.4, -0.2) is 25.7 Å². The van der Waals surface area contributed by atoms with Crippen molar-refractivity contribution in [2.75, 3.05) is 12.4 Å². The zero-order chi connectivity index (χ0) is 15.5. The van der Waals surface area contributed by atoms with Crippen LogP contribution in [0.5, 0.6) is 0 Å². The van der Waals surface area contributed by atoms with Crippen molar-refractivity contribution >= 4 is 27.3 Å². The fourth-order valence-corrected chi connectivity index (χ4v) is 2.60. The van der Waals surface area contributed by atoms with Crippen molar-refractivity contribution in [1.29, 1.82) is 0 Å². The Morgan fingerprint density at radius 2 is 2.14 bits per heavy atom. The Morgan fingerprint density at radius 1 is 1.38 bits per heavy atom. The number of halogens is 1. The molecule has 0 unspecified atom stereocenters. The fraction of sp³-hybridized carbons (Fsp3) is 0.167. The number of H-pyrrole nitrogens is 1. The predicted molar refractivity (Wildman–Crippen MR) is 79.9 cm³/mol. The highest BCUT2D eigenvalue weighted by molar-refractivity contribution is 7.89. The lowest BCUT2D eigenvalue weighted by Crippen LogP contribution is -2.18. The number of benzene rings is 1. The maximum atomic E-state index is 11.7. The van der Waals surface area contributed by atoms with Crippen LogP contribution in [0.25, 0.3) is 0 Å². The SMILES string of the molecule is CNS(=O)(=O)c1cccc(CNc2cn[nH]c(=O)c2Cl)c1. The summed E-state index contributed by atoms with van der Waals surface area (Å²) in [4.78, 5) is 11.5. The third kappa shape index (κ3) is 3.60. The van der Waals surface area contributed by atoms with E-state index in [9.17, 15) is 13.2 Å². The number of aromatic amines is 1. The standard InChI is InChI=1S/C12H13ClN4O3S/c1-14-21(19,20)9-4-2-3-8(5-9)6-15-10-7-16-17-12(18)11(10)13/h2-5,7,14H,6H2,1H3,(H2,15,17,18). The van der Waals surface area contributed by atoms with E-state index in [4.69, 9.17) is 11.6 Å². The van der Waals surface area contributed by atoms with Crippen LogP contribution in [0, 0.1) is 0 Å². The van der Waals surface area contributed by atoms with E-state index >= 15 is 0 Å². The number of hydrogen-bond donors (Lipinski definition) is 3. The average molecular weight is 329 g/mol. The van der Waals surface area contributed by atoms with Gasteiger partial charge >= 0.3 is 0 Å². The Balaban J connectivity index is 2.20. The molecule has 0 spiro atoms. The van der Waals surface area contributed by atoms with Gasteiger partial charge in [-0.2, -0.15) is 5.10 Å². The second-order valence-corrected chi connectivity index (χ2v) is 6.40. The molecule has 112 valence electrons. The molecule has 0 fully saturated rings. The summed E-state index contributed by atoms with van der Waals surface area (Å²) in [5.41, 5.74) is 0.609. The van der Waals surface area contributed by atoms with Crippen LogP contribution < -0.4 is 15.6 Å². The van der Waals surface area contributed by atoms with Crippen molar-refractivity contribution in [3.63, 3.8) is 0 Å². The van der Waals surface area contributed by atoms with Gasteiger partial charge in [-0.05, 0) is 24.7 Å². The van der Waals surface area contributed by atoms with Gasteiger partial charge in [-0.15, -0.1) is 0 Å². The summed E-state index contributed by atoms with van der Waals surface area (Å²) in [5, 5.41) is 8.79. The van der Waals surface area contributed by atoms with Gasteiger partial charge in [-0.1, -0.05) is 23.7 Å². The molecule has 0 saturated carbocycles. The van der Waals surface area contributed by atoms with Crippen LogP contribution >= 0.6 is 11.6 Å². The van der Waals surface area contributed by atoms with Crippen LogP contribution in [-0.2, 0) is 16.6 Å². The van der Waals surface area contributed by atoms with Crippen molar-refractivity contribution in [3.8, 4) is 0 Å². The molecule has 1 aromatic heterocycles. The Kier molecular flexibility index (Phi) is 4.61. The molecule has 0 aliphatic rings. The Morgan fingerprint density at radius 3 is 2.86 bits per heavy atom. The van der Waals surface area contributed by atoms with Gasteiger partial charge in [0.15, 0.2) is 0 Å². The van der Waals surface area contributed by atoms with Gasteiger partial charge in [0.2, 0.25) is 10.0 Å². The van der Waals surface area contributed by atoms with E-state index in [0.717, 1.165) is 5.56 Å². The second-order valence-electron chi connectivity index (χ2n) is 4.14. The molecule has 7 nitrogen and oxygen atoms in total. The first-order valence-electron chi connectivity index (χ1n) is 5.93. The highest BCUT2D eigenvalue weighted by Crippen LogP contribution is 2.17. The predicted octanol–water partition coefficient (Wildman–Crippen LogP) is 0.944. The van der Waals surface area contributed by atoms with Crippen LogP contribution in [0.4, 0.5) is 5.69 Å². The molecule has 3 N–H and O–H groups in total. The summed E-state index contributed by atoms with van der Waals surface area (Å²) in [6, 6.07) is 6.43. The summed E-state index contributed by atoms with van der Waals surface area (Å²) < 4.78 is 25.7. The number of rotatable bonds is 5. The van der Waals surface area contributed by atoms with E-state index in [2.05, 4.69) is 20.2 Å². The van der Waals surface area contributed by atoms with Gasteiger partial charge in [0.25, 0.3) is 5.56 Å². The quantitative estimate of drug-likeness (QED) is 0.758. The van der Waals surface area contributed by atoms with Gasteiger partial charge in [0.1, 0.15) is 5.02 Å². The summed E-state index contributed by atoms with van der Waals surface area (Å²) in [5.74, 6) is 0. The first kappa shape index (κ1) is 15.5. The summed E-state index contributed by atoms with van der Waals surface area (Å²) in [6.07, 6.45) is 1.39. The maximum absolute atomic E-state index is 11.7. The zero-order valence-corrected chi connectivity index (χ0v) is 12.6. The highest BCUT2D eigenvalue weighted by atomic mass is 35.5. The molecular formula is C12H13ClN4O3S. The number of hydrogen-bond acceptors (Lipinski definition) is 5. The van der Waals surface area contributed by atoms with Crippen LogP contribution in [0.2, 0.25) is 5.02 Å². The minimum Gasteiger partial charge on any atom is -0.378 e. The lowest BCUT2D eigenvalue weighted by molar-refractivity contribution is 0.588. The van der Waals surface area contributed by atoms with E-state index < -0.39 is 15.6 Å². The molecule has 0 aliphatic heterocycles. The average Bonchev–Trinajstić information content (AvgIpc) is 2.49. The minimum atomic E-state index is -3.49. The first-order valence-corrected chi connectivity index (χ1v) is 7.79. The van der Waals surface area contributed by atoms with E-state index in [0.29, 0.717) is 12.2 Å². The fourth-order valence-electron chi connectivity index (χ4n) is 1.64. The smallest absolute Gasteiger partial charge is 0.285 e. The number of anilines is 1. The Hall–Kier alpha value is -1.90. The zero-order valence-electron chi connectivity index (χ0n) is 11.1. The van der Waals surface area contributed by atoms with Crippen LogP contribution in [0.3, 0.4) is 0 Å². The Bertz CT molecular complexity index is 804. The number of sulfonamides is 1. The third-order valence-electron chi connectivity index (χ3n) is 2.76. The molecule has 2 aromatic rings. The normalized spacial score (nSPS) is 11.3. The summed E-state index contributed by atoms with van der Waals surface area (Å²) in [6.45, 7) is 0.303. The molecule has 0 atom stereocenters. The van der Waals surface area contributed by atoms with Crippen molar-refractivity contribution < 1.29 is 8.42 Å². The lowest BCUT2D eigenvalue weighted by Gasteiger charge is -2.09. The summed E-state index contributed by atoms with van der Waals surface area (Å²) in [7, 11) is -2.14.